The van der Waals surface area contributed by atoms with Gasteiger partial charge in [-0.3, -0.25) is 0 Å². The third-order valence-electron chi connectivity index (χ3n) is 4.33. The van der Waals surface area contributed by atoms with E-state index in [1.807, 2.05) is 7.11 Å². The zero-order chi connectivity index (χ0) is 15.5. The average molecular weight is 290 g/mol. The van der Waals surface area contributed by atoms with Crippen LogP contribution in [0.2, 0.25) is 0 Å². The molecule has 21 heavy (non-hydrogen) atoms. The first-order valence-corrected chi connectivity index (χ1v) is 8.01. The number of methoxy groups -OCH3 is 1. The van der Waals surface area contributed by atoms with Crippen LogP contribution in [0.5, 0.6) is 0 Å². The van der Waals surface area contributed by atoms with Crippen LogP contribution in [0.25, 0.3) is 0 Å². The number of anilines is 1. The van der Waals surface area contributed by atoms with Gasteiger partial charge in [0.25, 0.3) is 0 Å². The van der Waals surface area contributed by atoms with Gasteiger partial charge in [-0.05, 0) is 44.7 Å². The zero-order valence-electron chi connectivity index (χ0n) is 14.1. The molecule has 0 amide bonds. The molecular weight excluding hydrogens is 260 g/mol. The van der Waals surface area contributed by atoms with Gasteiger partial charge in [-0.1, -0.05) is 25.1 Å². The van der Waals surface area contributed by atoms with Gasteiger partial charge >= 0.3 is 0 Å². The Morgan fingerprint density at radius 1 is 1.29 bits per heavy atom. The molecule has 2 atom stereocenters. The molecule has 0 spiro atoms. The van der Waals surface area contributed by atoms with E-state index in [4.69, 9.17) is 4.74 Å². The second kappa shape index (κ2) is 6.80. The molecular formula is C18H30N2O. The molecule has 1 aromatic carbocycles. The second-order valence-electron chi connectivity index (χ2n) is 7.22. The highest BCUT2D eigenvalue weighted by molar-refractivity contribution is 5.54. The lowest BCUT2D eigenvalue weighted by atomic mass is 9.95. The van der Waals surface area contributed by atoms with E-state index in [-0.39, 0.29) is 5.54 Å². The predicted octanol–water partition coefficient (Wildman–Crippen LogP) is 3.44. The van der Waals surface area contributed by atoms with Gasteiger partial charge in [-0.25, -0.2) is 0 Å². The fourth-order valence-corrected chi connectivity index (χ4v) is 2.89. The molecule has 1 aliphatic heterocycles. The van der Waals surface area contributed by atoms with Crippen LogP contribution in [0.1, 0.15) is 39.7 Å². The molecule has 2 unspecified atom stereocenters. The van der Waals surface area contributed by atoms with Crippen molar-refractivity contribution in [2.24, 2.45) is 5.92 Å². The Bertz CT molecular complexity index is 453. The summed E-state index contributed by atoms with van der Waals surface area (Å²) in [6, 6.07) is 8.73. The molecule has 0 aromatic heterocycles. The Labute approximate surface area is 129 Å². The van der Waals surface area contributed by atoms with Crippen molar-refractivity contribution in [2.75, 3.05) is 25.1 Å². The lowest BCUT2D eigenvalue weighted by molar-refractivity contribution is 0.0498. The van der Waals surface area contributed by atoms with Crippen molar-refractivity contribution in [2.45, 2.75) is 52.3 Å². The fourth-order valence-electron chi connectivity index (χ4n) is 2.89. The SMILES string of the molecule is COC1CN(c2ccccc2CNC(C)(C)C)CCC1C. The van der Waals surface area contributed by atoms with Crippen LogP contribution < -0.4 is 10.2 Å². The van der Waals surface area contributed by atoms with Gasteiger partial charge in [0.05, 0.1) is 6.10 Å². The monoisotopic (exact) mass is 290 g/mol. The van der Waals surface area contributed by atoms with E-state index in [1.165, 1.54) is 17.7 Å². The topological polar surface area (TPSA) is 24.5 Å². The van der Waals surface area contributed by atoms with Crippen LogP contribution >= 0.6 is 0 Å². The largest absolute Gasteiger partial charge is 0.379 e. The maximum atomic E-state index is 5.65. The maximum absolute atomic E-state index is 5.65. The number of ether oxygens (including phenoxy) is 1. The van der Waals surface area contributed by atoms with E-state index >= 15 is 0 Å². The van der Waals surface area contributed by atoms with E-state index in [1.54, 1.807) is 0 Å². The Balaban J connectivity index is 2.12. The Morgan fingerprint density at radius 3 is 2.67 bits per heavy atom. The first-order valence-electron chi connectivity index (χ1n) is 8.01. The number of piperidine rings is 1. The summed E-state index contributed by atoms with van der Waals surface area (Å²) >= 11 is 0. The van der Waals surface area contributed by atoms with Crippen molar-refractivity contribution in [3.05, 3.63) is 29.8 Å². The second-order valence-corrected chi connectivity index (χ2v) is 7.22. The molecule has 3 heteroatoms. The summed E-state index contributed by atoms with van der Waals surface area (Å²) < 4.78 is 5.65. The summed E-state index contributed by atoms with van der Waals surface area (Å²) in [5.74, 6) is 0.645. The summed E-state index contributed by atoms with van der Waals surface area (Å²) in [5, 5.41) is 3.59. The first kappa shape index (κ1) is 16.3. The van der Waals surface area contributed by atoms with Crippen LogP contribution in [0, 0.1) is 5.92 Å². The maximum Gasteiger partial charge on any atom is 0.0772 e. The van der Waals surface area contributed by atoms with E-state index in [9.17, 15) is 0 Å². The number of para-hydroxylation sites is 1. The van der Waals surface area contributed by atoms with Gasteiger partial charge in [0.2, 0.25) is 0 Å². The van der Waals surface area contributed by atoms with Crippen LogP contribution in [0.4, 0.5) is 5.69 Å². The van der Waals surface area contributed by atoms with Crippen molar-refractivity contribution in [1.82, 2.24) is 5.32 Å². The standard InChI is InChI=1S/C18H30N2O/c1-14-10-11-20(13-17(14)21-5)16-9-7-6-8-15(16)12-19-18(2,3)4/h6-9,14,17,19H,10-13H2,1-5H3. The molecule has 1 saturated heterocycles. The summed E-state index contributed by atoms with van der Waals surface area (Å²) in [7, 11) is 1.83. The van der Waals surface area contributed by atoms with Crippen molar-refractivity contribution in [3.8, 4) is 0 Å². The van der Waals surface area contributed by atoms with Crippen molar-refractivity contribution >= 4 is 5.69 Å². The number of nitrogens with one attached hydrogen (secondary N) is 1. The van der Waals surface area contributed by atoms with Gasteiger partial charge in [-0.15, -0.1) is 0 Å². The Morgan fingerprint density at radius 2 is 2.00 bits per heavy atom. The molecule has 1 N–H and O–H groups in total. The quantitative estimate of drug-likeness (QED) is 0.919. The third-order valence-corrected chi connectivity index (χ3v) is 4.33. The summed E-state index contributed by atoms with van der Waals surface area (Å²) in [4.78, 5) is 2.48. The van der Waals surface area contributed by atoms with Crippen LogP contribution in [-0.2, 0) is 11.3 Å². The molecule has 118 valence electrons. The summed E-state index contributed by atoms with van der Waals surface area (Å²) in [5.41, 5.74) is 2.86. The number of hydrogen-bond donors (Lipinski definition) is 1. The lowest BCUT2D eigenvalue weighted by Crippen LogP contribution is -2.44. The fraction of sp³-hybridized carbons (Fsp3) is 0.667. The zero-order valence-corrected chi connectivity index (χ0v) is 14.1. The minimum Gasteiger partial charge on any atom is -0.379 e. The van der Waals surface area contributed by atoms with Crippen molar-refractivity contribution in [3.63, 3.8) is 0 Å². The molecule has 1 aromatic rings. The van der Waals surface area contributed by atoms with Crippen molar-refractivity contribution < 1.29 is 4.74 Å². The van der Waals surface area contributed by atoms with E-state index in [2.05, 4.69) is 62.2 Å². The number of rotatable bonds is 4. The summed E-state index contributed by atoms with van der Waals surface area (Å²) in [6.45, 7) is 11.9. The molecule has 0 saturated carbocycles. The van der Waals surface area contributed by atoms with Crippen LogP contribution in [-0.4, -0.2) is 31.8 Å². The van der Waals surface area contributed by atoms with Gasteiger partial charge in [-0.2, -0.15) is 0 Å². The van der Waals surface area contributed by atoms with Gasteiger partial charge in [0, 0.05) is 38.0 Å². The normalized spacial score (nSPS) is 23.4. The average Bonchev–Trinajstić information content (AvgIpc) is 2.45. The molecule has 0 radical (unpaired) electrons. The lowest BCUT2D eigenvalue weighted by Gasteiger charge is -2.38. The minimum absolute atomic E-state index is 0.137. The number of benzene rings is 1. The molecule has 1 fully saturated rings. The van der Waals surface area contributed by atoms with Crippen molar-refractivity contribution in [1.29, 1.82) is 0 Å². The van der Waals surface area contributed by atoms with E-state index in [0.717, 1.165) is 19.6 Å². The van der Waals surface area contributed by atoms with Gasteiger partial charge in [0.1, 0.15) is 0 Å². The third kappa shape index (κ3) is 4.45. The van der Waals surface area contributed by atoms with Gasteiger partial charge in [0.15, 0.2) is 0 Å². The highest BCUT2D eigenvalue weighted by Gasteiger charge is 2.27. The first-order chi connectivity index (χ1) is 9.90. The molecule has 0 bridgehead atoms. The molecule has 1 heterocycles. The number of nitrogens with zero attached hydrogens (tertiary/aromatic N) is 1. The minimum atomic E-state index is 0.137. The smallest absolute Gasteiger partial charge is 0.0772 e. The van der Waals surface area contributed by atoms with Crippen LogP contribution in [0.3, 0.4) is 0 Å². The highest BCUT2D eigenvalue weighted by atomic mass is 16.5. The van der Waals surface area contributed by atoms with Gasteiger partial charge < -0.3 is 15.0 Å². The highest BCUT2D eigenvalue weighted by Crippen LogP contribution is 2.27. The van der Waals surface area contributed by atoms with Crippen LogP contribution in [0.15, 0.2) is 24.3 Å². The number of hydrogen-bond acceptors (Lipinski definition) is 3. The molecule has 1 aliphatic rings. The van der Waals surface area contributed by atoms with E-state index in [0.29, 0.717) is 12.0 Å². The predicted molar refractivity (Wildman–Crippen MR) is 89.8 cm³/mol. The Kier molecular flexibility index (Phi) is 5.28. The molecule has 2 rings (SSSR count). The Hall–Kier alpha value is -1.06. The summed E-state index contributed by atoms with van der Waals surface area (Å²) in [6.07, 6.45) is 1.53. The van der Waals surface area contributed by atoms with E-state index < -0.39 is 0 Å². The molecule has 0 aliphatic carbocycles. The molecule has 3 nitrogen and oxygen atoms in total.